The lowest BCUT2D eigenvalue weighted by molar-refractivity contribution is -0.139. The minimum absolute atomic E-state index is 0.455. The van der Waals surface area contributed by atoms with Gasteiger partial charge < -0.3 is 13.0 Å². The minimum atomic E-state index is -1.92. The van der Waals surface area contributed by atoms with Crippen molar-refractivity contribution >= 4 is 17.1 Å². The Morgan fingerprint density at radius 1 is 0.833 bits per heavy atom. The van der Waals surface area contributed by atoms with E-state index < -0.39 is 22.9 Å². The van der Waals surface area contributed by atoms with Crippen molar-refractivity contribution < 1.29 is 13.0 Å². The fourth-order valence-electron chi connectivity index (χ4n) is 1.84. The van der Waals surface area contributed by atoms with Crippen molar-refractivity contribution in [2.24, 2.45) is 0 Å². The molecule has 1 aliphatic heterocycles. The van der Waals surface area contributed by atoms with Gasteiger partial charge in [0.15, 0.2) is 0 Å². The molecule has 1 aliphatic rings. The van der Waals surface area contributed by atoms with Crippen molar-refractivity contribution in [2.45, 2.75) is 45.8 Å². The van der Waals surface area contributed by atoms with Crippen LogP contribution in [0.3, 0.4) is 0 Å². The van der Waals surface area contributed by atoms with E-state index in [1.54, 1.807) is 0 Å². The Labute approximate surface area is 76.5 Å². The highest BCUT2D eigenvalue weighted by atomic mass is 28.5. The summed E-state index contributed by atoms with van der Waals surface area (Å²) < 4.78 is 17.3. The molecule has 1 heterocycles. The standard InChI is InChI=1S/C7H18O3Si2/c1-7(2)8-11(3,4)10-12(5,6)9-7/h1-6H3. The third-order valence-electron chi connectivity index (χ3n) is 1.47. The first-order chi connectivity index (χ1) is 5.12. The van der Waals surface area contributed by atoms with Gasteiger partial charge in [0.1, 0.15) is 5.79 Å². The fourth-order valence-corrected chi connectivity index (χ4v) is 9.44. The lowest BCUT2D eigenvalue weighted by atomic mass is 10.4. The van der Waals surface area contributed by atoms with Crippen LogP contribution >= 0.6 is 0 Å². The molecule has 0 aromatic heterocycles. The molecule has 0 saturated carbocycles. The summed E-state index contributed by atoms with van der Waals surface area (Å²) in [5.74, 6) is -0.455. The summed E-state index contributed by atoms with van der Waals surface area (Å²) in [7, 11) is -3.85. The van der Waals surface area contributed by atoms with Crippen LogP contribution in [0.2, 0.25) is 26.2 Å². The Bertz CT molecular complexity index is 144. The van der Waals surface area contributed by atoms with Crippen molar-refractivity contribution in [1.29, 1.82) is 0 Å². The Hall–Kier alpha value is 0.314. The third kappa shape index (κ3) is 2.67. The first kappa shape index (κ1) is 10.4. The van der Waals surface area contributed by atoms with Gasteiger partial charge >= 0.3 is 17.1 Å². The molecule has 1 rings (SSSR count). The van der Waals surface area contributed by atoms with E-state index in [0.717, 1.165) is 0 Å². The van der Waals surface area contributed by atoms with Crippen LogP contribution in [0.15, 0.2) is 0 Å². The lowest BCUT2D eigenvalue weighted by Gasteiger charge is -2.47. The Morgan fingerprint density at radius 2 is 1.17 bits per heavy atom. The monoisotopic (exact) mass is 206 g/mol. The predicted octanol–water partition coefficient (Wildman–Crippen LogP) is 2.19. The molecule has 0 aromatic carbocycles. The molecule has 0 bridgehead atoms. The lowest BCUT2D eigenvalue weighted by Crippen LogP contribution is -2.61. The summed E-state index contributed by atoms with van der Waals surface area (Å²) in [6.45, 7) is 12.2. The van der Waals surface area contributed by atoms with Crippen molar-refractivity contribution in [3.8, 4) is 0 Å². The van der Waals surface area contributed by atoms with E-state index in [-0.39, 0.29) is 0 Å². The topological polar surface area (TPSA) is 27.7 Å². The highest BCUT2D eigenvalue weighted by Gasteiger charge is 2.48. The van der Waals surface area contributed by atoms with Gasteiger partial charge in [0.2, 0.25) is 0 Å². The Morgan fingerprint density at radius 3 is 1.42 bits per heavy atom. The maximum absolute atomic E-state index is 5.83. The van der Waals surface area contributed by atoms with Gasteiger partial charge in [-0.25, -0.2) is 0 Å². The predicted molar refractivity (Wildman–Crippen MR) is 52.3 cm³/mol. The largest absolute Gasteiger partial charge is 0.415 e. The third-order valence-corrected chi connectivity index (χ3v) is 7.37. The van der Waals surface area contributed by atoms with Crippen LogP contribution in [0.25, 0.3) is 0 Å². The first-order valence-corrected chi connectivity index (χ1v) is 9.86. The van der Waals surface area contributed by atoms with E-state index in [1.165, 1.54) is 0 Å². The maximum Gasteiger partial charge on any atom is 0.325 e. The van der Waals surface area contributed by atoms with Crippen molar-refractivity contribution in [1.82, 2.24) is 0 Å². The molecule has 1 fully saturated rings. The van der Waals surface area contributed by atoms with Gasteiger partial charge in [-0.1, -0.05) is 0 Å². The van der Waals surface area contributed by atoms with Crippen LogP contribution in [0.1, 0.15) is 13.8 Å². The second-order valence-electron chi connectivity index (χ2n) is 4.51. The number of hydrogen-bond donors (Lipinski definition) is 0. The molecule has 0 amide bonds. The van der Waals surface area contributed by atoms with Crippen LogP contribution < -0.4 is 0 Å². The molecule has 72 valence electrons. The van der Waals surface area contributed by atoms with E-state index in [9.17, 15) is 0 Å². The molecule has 0 unspecified atom stereocenters. The summed E-state index contributed by atoms with van der Waals surface area (Å²) in [6.07, 6.45) is 0. The van der Waals surface area contributed by atoms with Crippen LogP contribution in [0.5, 0.6) is 0 Å². The maximum atomic E-state index is 5.83. The quantitative estimate of drug-likeness (QED) is 0.569. The zero-order valence-electron chi connectivity index (χ0n) is 8.72. The highest BCUT2D eigenvalue weighted by Crippen LogP contribution is 2.32. The summed E-state index contributed by atoms with van der Waals surface area (Å²) in [6, 6.07) is 0. The molecule has 0 aliphatic carbocycles. The zero-order valence-corrected chi connectivity index (χ0v) is 10.7. The van der Waals surface area contributed by atoms with E-state index >= 15 is 0 Å². The smallest absolute Gasteiger partial charge is 0.325 e. The van der Waals surface area contributed by atoms with E-state index in [1.807, 2.05) is 13.8 Å². The molecule has 0 radical (unpaired) electrons. The molecular weight excluding hydrogens is 188 g/mol. The highest BCUT2D eigenvalue weighted by molar-refractivity contribution is 6.79. The normalized spacial score (nSPS) is 31.5. The molecular formula is C7H18O3Si2. The molecule has 0 N–H and O–H groups in total. The summed E-state index contributed by atoms with van der Waals surface area (Å²) in [5.41, 5.74) is 0. The van der Waals surface area contributed by atoms with Crippen LogP contribution in [0, 0.1) is 0 Å². The first-order valence-electron chi connectivity index (χ1n) is 4.22. The van der Waals surface area contributed by atoms with Crippen molar-refractivity contribution in [2.75, 3.05) is 0 Å². The van der Waals surface area contributed by atoms with Crippen molar-refractivity contribution in [3.63, 3.8) is 0 Å². The molecule has 0 spiro atoms. The minimum Gasteiger partial charge on any atom is -0.415 e. The van der Waals surface area contributed by atoms with Gasteiger partial charge in [-0.05, 0) is 40.0 Å². The van der Waals surface area contributed by atoms with Gasteiger partial charge in [0.05, 0.1) is 0 Å². The van der Waals surface area contributed by atoms with Gasteiger partial charge in [-0.15, -0.1) is 0 Å². The molecule has 1 saturated heterocycles. The Balaban J connectivity index is 2.81. The van der Waals surface area contributed by atoms with Gasteiger partial charge in [0.25, 0.3) is 0 Å². The molecule has 5 heteroatoms. The fraction of sp³-hybridized carbons (Fsp3) is 1.00. The van der Waals surface area contributed by atoms with Crippen LogP contribution in [-0.2, 0) is 13.0 Å². The van der Waals surface area contributed by atoms with Gasteiger partial charge in [-0.3, -0.25) is 0 Å². The summed E-state index contributed by atoms with van der Waals surface area (Å²) in [4.78, 5) is 0. The molecule has 0 aromatic rings. The molecule has 3 nitrogen and oxygen atoms in total. The molecule has 0 atom stereocenters. The van der Waals surface area contributed by atoms with E-state index in [4.69, 9.17) is 13.0 Å². The second-order valence-corrected chi connectivity index (χ2v) is 11.3. The van der Waals surface area contributed by atoms with Crippen molar-refractivity contribution in [3.05, 3.63) is 0 Å². The summed E-state index contributed by atoms with van der Waals surface area (Å²) in [5, 5.41) is 0. The average molecular weight is 206 g/mol. The van der Waals surface area contributed by atoms with Gasteiger partial charge in [-0.2, -0.15) is 0 Å². The number of hydrogen-bond acceptors (Lipinski definition) is 3. The Kier molecular flexibility index (Phi) is 2.29. The van der Waals surface area contributed by atoms with E-state index in [0.29, 0.717) is 0 Å². The zero-order chi connectivity index (χ0) is 9.62. The van der Waals surface area contributed by atoms with E-state index in [2.05, 4.69) is 26.2 Å². The second kappa shape index (κ2) is 2.65. The summed E-state index contributed by atoms with van der Waals surface area (Å²) >= 11 is 0. The van der Waals surface area contributed by atoms with Crippen LogP contribution in [-0.4, -0.2) is 22.9 Å². The average Bonchev–Trinajstić information content (AvgIpc) is 1.44. The molecule has 12 heavy (non-hydrogen) atoms. The SMILES string of the molecule is CC1(C)O[Si](C)(C)O[Si](C)(C)O1. The number of rotatable bonds is 0. The van der Waals surface area contributed by atoms with Crippen LogP contribution in [0.4, 0.5) is 0 Å². The van der Waals surface area contributed by atoms with Gasteiger partial charge in [0, 0.05) is 0 Å².